The highest BCUT2D eigenvalue weighted by Gasteiger charge is 2.25. The fourth-order valence-corrected chi connectivity index (χ4v) is 3.39. The third-order valence-corrected chi connectivity index (χ3v) is 4.16. The van der Waals surface area contributed by atoms with Gasteiger partial charge in [0.2, 0.25) is 0 Å². The lowest BCUT2D eigenvalue weighted by atomic mass is 9.77. The van der Waals surface area contributed by atoms with E-state index in [1.165, 1.54) is 19.3 Å². The molecular weight excluding hydrogens is 232 g/mol. The van der Waals surface area contributed by atoms with Crippen molar-refractivity contribution in [1.82, 2.24) is 5.43 Å². The molecule has 0 amide bonds. The predicted octanol–water partition coefficient (Wildman–Crippen LogP) is 3.76. The van der Waals surface area contributed by atoms with Gasteiger partial charge in [-0.15, -0.1) is 0 Å². The molecule has 0 radical (unpaired) electrons. The van der Waals surface area contributed by atoms with E-state index in [9.17, 15) is 0 Å². The molecule has 106 valence electrons. The minimum Gasteiger partial charge on any atom is -0.271 e. The molecule has 0 fully saturated rings. The molecule has 3 N–H and O–H groups in total. The Hall–Kier alpha value is -0.860. The van der Waals surface area contributed by atoms with Crippen LogP contribution in [-0.4, -0.2) is 6.04 Å². The van der Waals surface area contributed by atoms with E-state index >= 15 is 0 Å². The second-order valence-corrected chi connectivity index (χ2v) is 7.15. The van der Waals surface area contributed by atoms with Crippen molar-refractivity contribution in [2.24, 2.45) is 11.3 Å². The number of hydrogen-bond donors (Lipinski definition) is 2. The number of nitrogens with one attached hydrogen (secondary N) is 1. The van der Waals surface area contributed by atoms with E-state index in [0.717, 1.165) is 12.8 Å². The van der Waals surface area contributed by atoms with Gasteiger partial charge in [0.05, 0.1) is 0 Å². The van der Waals surface area contributed by atoms with Gasteiger partial charge in [-0.05, 0) is 54.6 Å². The number of aryl methyl sites for hydroxylation is 1. The molecular formula is C17H28N2. The molecule has 2 nitrogen and oxygen atoms in total. The first-order chi connectivity index (χ1) is 8.99. The molecule has 0 aliphatic heterocycles. The van der Waals surface area contributed by atoms with Gasteiger partial charge in [-0.1, -0.05) is 45.0 Å². The monoisotopic (exact) mass is 260 g/mol. The number of hydrazine groups is 1. The first-order valence-corrected chi connectivity index (χ1v) is 7.53. The Morgan fingerprint density at radius 2 is 2.05 bits per heavy atom. The largest absolute Gasteiger partial charge is 0.271 e. The molecule has 0 saturated heterocycles. The lowest BCUT2D eigenvalue weighted by Crippen LogP contribution is -2.39. The lowest BCUT2D eigenvalue weighted by Gasteiger charge is -2.31. The number of rotatable bonds is 4. The van der Waals surface area contributed by atoms with Crippen molar-refractivity contribution in [1.29, 1.82) is 0 Å². The summed E-state index contributed by atoms with van der Waals surface area (Å²) >= 11 is 0. The summed E-state index contributed by atoms with van der Waals surface area (Å²) in [6, 6.07) is 9.34. The predicted molar refractivity (Wildman–Crippen MR) is 81.9 cm³/mol. The summed E-state index contributed by atoms with van der Waals surface area (Å²) in [5.74, 6) is 6.44. The van der Waals surface area contributed by atoms with Gasteiger partial charge >= 0.3 is 0 Å². The van der Waals surface area contributed by atoms with E-state index in [-0.39, 0.29) is 0 Å². The first kappa shape index (κ1) is 14.5. The molecule has 2 atom stereocenters. The summed E-state index contributed by atoms with van der Waals surface area (Å²) in [5.41, 5.74) is 6.47. The van der Waals surface area contributed by atoms with Gasteiger partial charge in [-0.3, -0.25) is 11.3 Å². The molecule has 2 unspecified atom stereocenters. The van der Waals surface area contributed by atoms with Crippen LogP contribution in [0.25, 0.3) is 0 Å². The van der Waals surface area contributed by atoms with Crippen LogP contribution in [-0.2, 0) is 6.42 Å². The van der Waals surface area contributed by atoms with Gasteiger partial charge in [0.1, 0.15) is 0 Å². The molecule has 0 spiro atoms. The Morgan fingerprint density at radius 3 is 2.74 bits per heavy atom. The van der Waals surface area contributed by atoms with Crippen LogP contribution in [0.2, 0.25) is 0 Å². The van der Waals surface area contributed by atoms with Crippen molar-refractivity contribution >= 4 is 0 Å². The normalized spacial score (nSPS) is 20.9. The van der Waals surface area contributed by atoms with Crippen LogP contribution < -0.4 is 11.3 Å². The van der Waals surface area contributed by atoms with Crippen molar-refractivity contribution in [3.8, 4) is 0 Å². The molecule has 1 aromatic rings. The van der Waals surface area contributed by atoms with Crippen LogP contribution in [0.1, 0.15) is 63.5 Å². The fourth-order valence-electron chi connectivity index (χ4n) is 3.39. The number of hydrogen-bond acceptors (Lipinski definition) is 2. The zero-order valence-corrected chi connectivity index (χ0v) is 12.6. The molecule has 2 heteroatoms. The molecule has 1 aromatic carbocycles. The summed E-state index contributed by atoms with van der Waals surface area (Å²) in [7, 11) is 0. The Kier molecular flexibility index (Phi) is 4.64. The van der Waals surface area contributed by atoms with E-state index in [2.05, 4.69) is 50.5 Å². The summed E-state index contributed by atoms with van der Waals surface area (Å²) < 4.78 is 0. The molecule has 2 rings (SSSR count). The zero-order valence-electron chi connectivity index (χ0n) is 12.6. The lowest BCUT2D eigenvalue weighted by molar-refractivity contribution is 0.284. The second kappa shape index (κ2) is 6.06. The van der Waals surface area contributed by atoms with E-state index in [1.54, 1.807) is 11.1 Å². The molecule has 19 heavy (non-hydrogen) atoms. The van der Waals surface area contributed by atoms with Crippen LogP contribution in [0.3, 0.4) is 0 Å². The Balaban J connectivity index is 2.07. The third kappa shape index (κ3) is 4.05. The smallest absolute Gasteiger partial charge is 0.0221 e. The van der Waals surface area contributed by atoms with Gasteiger partial charge in [-0.25, -0.2) is 0 Å². The van der Waals surface area contributed by atoms with Gasteiger partial charge in [0.15, 0.2) is 0 Å². The average Bonchev–Trinajstić information content (AvgIpc) is 2.37. The number of fused-ring (bicyclic) bond motifs is 1. The van der Waals surface area contributed by atoms with E-state index in [1.807, 2.05) is 0 Å². The average molecular weight is 260 g/mol. The maximum Gasteiger partial charge on any atom is 0.0221 e. The maximum absolute atomic E-state index is 5.77. The van der Waals surface area contributed by atoms with Crippen molar-refractivity contribution in [3.63, 3.8) is 0 Å². The van der Waals surface area contributed by atoms with E-state index in [0.29, 0.717) is 17.4 Å². The Labute approximate surface area is 117 Å². The number of nitrogens with two attached hydrogens (primary N) is 1. The Bertz CT molecular complexity index is 406. The third-order valence-electron chi connectivity index (χ3n) is 4.16. The summed E-state index contributed by atoms with van der Waals surface area (Å²) in [5, 5.41) is 0. The molecule has 1 aliphatic rings. The minimum atomic E-state index is 0.325. The minimum absolute atomic E-state index is 0.325. The molecule has 0 saturated carbocycles. The first-order valence-electron chi connectivity index (χ1n) is 7.53. The van der Waals surface area contributed by atoms with Gasteiger partial charge in [-0.2, -0.15) is 0 Å². The fraction of sp³-hybridized carbons (Fsp3) is 0.647. The van der Waals surface area contributed by atoms with Gasteiger partial charge in [0, 0.05) is 6.04 Å². The quantitative estimate of drug-likeness (QED) is 0.639. The number of benzene rings is 1. The Morgan fingerprint density at radius 1 is 1.32 bits per heavy atom. The van der Waals surface area contributed by atoms with Crippen molar-refractivity contribution in [2.75, 3.05) is 0 Å². The highest BCUT2D eigenvalue weighted by atomic mass is 15.2. The van der Waals surface area contributed by atoms with Gasteiger partial charge in [0.25, 0.3) is 0 Å². The SMILES string of the molecule is CC(C)(C)CC(CC1CCCc2ccccc21)NN. The van der Waals surface area contributed by atoms with Crippen LogP contribution in [0.4, 0.5) is 0 Å². The van der Waals surface area contributed by atoms with Crippen LogP contribution in [0.5, 0.6) is 0 Å². The topological polar surface area (TPSA) is 38.0 Å². The molecule has 0 aromatic heterocycles. The van der Waals surface area contributed by atoms with E-state index in [4.69, 9.17) is 5.84 Å². The molecule has 0 heterocycles. The van der Waals surface area contributed by atoms with Gasteiger partial charge < -0.3 is 0 Å². The molecule has 1 aliphatic carbocycles. The summed E-state index contributed by atoms with van der Waals surface area (Å²) in [4.78, 5) is 0. The van der Waals surface area contributed by atoms with Crippen molar-refractivity contribution in [2.45, 2.75) is 64.8 Å². The van der Waals surface area contributed by atoms with Crippen LogP contribution in [0, 0.1) is 5.41 Å². The van der Waals surface area contributed by atoms with E-state index < -0.39 is 0 Å². The van der Waals surface area contributed by atoms with Crippen LogP contribution >= 0.6 is 0 Å². The standard InChI is InChI=1S/C17H28N2/c1-17(2,3)12-15(19-18)11-14-9-6-8-13-7-4-5-10-16(13)14/h4-5,7,10,14-15,19H,6,8-9,11-12,18H2,1-3H3. The maximum atomic E-state index is 5.77. The van der Waals surface area contributed by atoms with Crippen molar-refractivity contribution in [3.05, 3.63) is 35.4 Å². The highest BCUT2D eigenvalue weighted by Crippen LogP contribution is 2.36. The molecule has 0 bridgehead atoms. The second-order valence-electron chi connectivity index (χ2n) is 7.15. The summed E-state index contributed by atoms with van der Waals surface area (Å²) in [6.07, 6.45) is 6.15. The highest BCUT2D eigenvalue weighted by molar-refractivity contribution is 5.32. The van der Waals surface area contributed by atoms with Crippen LogP contribution in [0.15, 0.2) is 24.3 Å². The zero-order chi connectivity index (χ0) is 13.9. The van der Waals surface area contributed by atoms with Crippen molar-refractivity contribution < 1.29 is 0 Å². The summed E-state index contributed by atoms with van der Waals surface area (Å²) in [6.45, 7) is 6.85.